The number of carboxylic acid groups (broad SMARTS) is 1. The molecule has 0 aliphatic carbocycles. The molecule has 0 bridgehead atoms. The van der Waals surface area contributed by atoms with Crippen molar-refractivity contribution in [3.05, 3.63) is 23.8 Å². The first kappa shape index (κ1) is 25.9. The molecule has 0 aromatic heterocycles. The molecule has 0 saturated carbocycles. The molecular formula is C22H36O6. The summed E-state index contributed by atoms with van der Waals surface area (Å²) >= 11 is 0. The fourth-order valence-electron chi connectivity index (χ4n) is 3.11. The number of rotatable bonds is 14. The Morgan fingerprint density at radius 3 is 2.21 bits per heavy atom. The third kappa shape index (κ3) is 10.3. The van der Waals surface area contributed by atoms with Gasteiger partial charge in [-0.2, -0.15) is 0 Å². The highest BCUT2D eigenvalue weighted by Crippen LogP contribution is 2.31. The largest absolute Gasteiger partial charge is 0.481 e. The highest BCUT2D eigenvalue weighted by atomic mass is 16.6. The molecule has 0 aromatic rings. The molecule has 6 nitrogen and oxygen atoms in total. The van der Waals surface area contributed by atoms with Crippen molar-refractivity contribution in [1.82, 2.24) is 0 Å². The predicted molar refractivity (Wildman–Crippen MR) is 109 cm³/mol. The number of ether oxygens (including phenoxy) is 2. The van der Waals surface area contributed by atoms with E-state index in [2.05, 4.69) is 26.5 Å². The lowest BCUT2D eigenvalue weighted by atomic mass is 9.77. The second-order valence-corrected chi connectivity index (χ2v) is 7.32. The van der Waals surface area contributed by atoms with Crippen molar-refractivity contribution in [3.63, 3.8) is 0 Å². The first-order valence-corrected chi connectivity index (χ1v) is 10.0. The van der Waals surface area contributed by atoms with E-state index in [1.54, 1.807) is 0 Å². The molecule has 6 heteroatoms. The zero-order valence-electron chi connectivity index (χ0n) is 18.0. The van der Waals surface area contributed by atoms with E-state index in [0.717, 1.165) is 19.3 Å². The number of hydrogen-bond acceptors (Lipinski definition) is 5. The average molecular weight is 397 g/mol. The molecular weight excluding hydrogens is 360 g/mol. The van der Waals surface area contributed by atoms with Crippen LogP contribution in [0.1, 0.15) is 66.7 Å². The van der Waals surface area contributed by atoms with Gasteiger partial charge < -0.3 is 14.6 Å². The van der Waals surface area contributed by atoms with Crippen LogP contribution < -0.4 is 0 Å². The van der Waals surface area contributed by atoms with Crippen molar-refractivity contribution in [2.24, 2.45) is 17.8 Å². The maximum absolute atomic E-state index is 12.1. The van der Waals surface area contributed by atoms with Crippen LogP contribution in [0, 0.1) is 17.8 Å². The minimum absolute atomic E-state index is 0.0775. The lowest BCUT2D eigenvalue weighted by Crippen LogP contribution is -2.31. The zero-order valence-corrected chi connectivity index (χ0v) is 18.0. The van der Waals surface area contributed by atoms with Crippen molar-refractivity contribution in [3.8, 4) is 0 Å². The molecule has 3 unspecified atom stereocenters. The van der Waals surface area contributed by atoms with E-state index in [1.807, 2.05) is 13.8 Å². The highest BCUT2D eigenvalue weighted by molar-refractivity contribution is 5.86. The van der Waals surface area contributed by atoms with Crippen LogP contribution >= 0.6 is 0 Å². The molecule has 0 amide bonds. The smallest absolute Gasteiger partial charge is 0.333 e. The zero-order chi connectivity index (χ0) is 21.7. The Morgan fingerprint density at radius 1 is 1.11 bits per heavy atom. The van der Waals surface area contributed by atoms with Crippen LogP contribution in [0.4, 0.5) is 0 Å². The van der Waals surface area contributed by atoms with Crippen LogP contribution in [0.5, 0.6) is 0 Å². The van der Waals surface area contributed by atoms with E-state index in [4.69, 9.17) is 9.47 Å². The summed E-state index contributed by atoms with van der Waals surface area (Å²) < 4.78 is 9.88. The minimum atomic E-state index is -0.982. The molecule has 28 heavy (non-hydrogen) atoms. The van der Waals surface area contributed by atoms with Crippen molar-refractivity contribution < 1.29 is 29.0 Å². The number of esters is 2. The topological polar surface area (TPSA) is 89.9 Å². The molecule has 0 spiro atoms. The van der Waals surface area contributed by atoms with Crippen LogP contribution in [0.2, 0.25) is 0 Å². The van der Waals surface area contributed by atoms with Crippen LogP contribution in [0.3, 0.4) is 0 Å². The predicted octanol–water partition coefficient (Wildman–Crippen LogP) is 4.54. The molecule has 0 radical (unpaired) electrons. The quantitative estimate of drug-likeness (QED) is 0.201. The maximum atomic E-state index is 12.1. The number of carbonyl (C=O) groups is 3. The van der Waals surface area contributed by atoms with Crippen molar-refractivity contribution in [2.75, 3.05) is 13.2 Å². The summed E-state index contributed by atoms with van der Waals surface area (Å²) in [6.07, 6.45) is 5.48. The SMILES string of the molecule is C=C(C)C(=O)OCCOC(=O)CC(C(=O)O)C(CC)C(C)CCC=C(C)CC. The third-order valence-corrected chi connectivity index (χ3v) is 5.02. The highest BCUT2D eigenvalue weighted by Gasteiger charge is 2.33. The summed E-state index contributed by atoms with van der Waals surface area (Å²) in [6, 6.07) is 0. The van der Waals surface area contributed by atoms with Gasteiger partial charge in [0, 0.05) is 5.57 Å². The summed E-state index contributed by atoms with van der Waals surface area (Å²) in [5.74, 6) is -2.85. The Morgan fingerprint density at radius 2 is 1.71 bits per heavy atom. The second-order valence-electron chi connectivity index (χ2n) is 7.32. The summed E-state index contributed by atoms with van der Waals surface area (Å²) in [6.45, 7) is 13.0. The number of allylic oxidation sites excluding steroid dienone is 2. The molecule has 0 aliphatic heterocycles. The van der Waals surface area contributed by atoms with Gasteiger partial charge >= 0.3 is 17.9 Å². The van der Waals surface area contributed by atoms with Gasteiger partial charge in [0.15, 0.2) is 0 Å². The number of carboxylic acids is 1. The minimum Gasteiger partial charge on any atom is -0.481 e. The molecule has 0 saturated heterocycles. The van der Waals surface area contributed by atoms with Crippen LogP contribution in [-0.4, -0.2) is 36.2 Å². The van der Waals surface area contributed by atoms with Crippen molar-refractivity contribution >= 4 is 17.9 Å². The van der Waals surface area contributed by atoms with Crippen LogP contribution in [-0.2, 0) is 23.9 Å². The second kappa shape index (κ2) is 14.0. The molecule has 0 fully saturated rings. The normalized spacial score (nSPS) is 14.7. The van der Waals surface area contributed by atoms with E-state index in [-0.39, 0.29) is 37.0 Å². The van der Waals surface area contributed by atoms with Gasteiger partial charge in [0.05, 0.1) is 12.3 Å². The van der Waals surface area contributed by atoms with Gasteiger partial charge in [-0.3, -0.25) is 9.59 Å². The Balaban J connectivity index is 4.66. The molecule has 0 aromatic carbocycles. The Hall–Kier alpha value is -2.11. The van der Waals surface area contributed by atoms with Gasteiger partial charge in [0.25, 0.3) is 0 Å². The first-order chi connectivity index (χ1) is 13.1. The van der Waals surface area contributed by atoms with E-state index in [0.29, 0.717) is 6.42 Å². The van der Waals surface area contributed by atoms with Crippen molar-refractivity contribution in [1.29, 1.82) is 0 Å². The molecule has 3 atom stereocenters. The number of hydrogen-bond donors (Lipinski definition) is 1. The lowest BCUT2D eigenvalue weighted by Gasteiger charge is -2.28. The molecule has 1 N–H and O–H groups in total. The van der Waals surface area contributed by atoms with Crippen LogP contribution in [0.15, 0.2) is 23.8 Å². The number of carbonyl (C=O) groups excluding carboxylic acids is 2. The monoisotopic (exact) mass is 396 g/mol. The molecule has 160 valence electrons. The van der Waals surface area contributed by atoms with Crippen molar-refractivity contribution in [2.45, 2.75) is 66.7 Å². The van der Waals surface area contributed by atoms with E-state index < -0.39 is 23.8 Å². The van der Waals surface area contributed by atoms with Gasteiger partial charge in [0.1, 0.15) is 13.2 Å². The third-order valence-electron chi connectivity index (χ3n) is 5.02. The van der Waals surface area contributed by atoms with E-state index in [9.17, 15) is 19.5 Å². The molecule has 0 aliphatic rings. The van der Waals surface area contributed by atoms with Gasteiger partial charge in [-0.25, -0.2) is 4.79 Å². The molecule has 0 heterocycles. The van der Waals surface area contributed by atoms with Gasteiger partial charge in [-0.05, 0) is 44.9 Å². The Kier molecular flexibility index (Phi) is 12.9. The number of aliphatic carboxylic acids is 1. The van der Waals surface area contributed by atoms with E-state index in [1.165, 1.54) is 12.5 Å². The summed E-state index contributed by atoms with van der Waals surface area (Å²) in [5, 5.41) is 9.63. The fourth-order valence-corrected chi connectivity index (χ4v) is 3.11. The van der Waals surface area contributed by atoms with Crippen LogP contribution in [0.25, 0.3) is 0 Å². The Labute approximate surface area is 169 Å². The maximum Gasteiger partial charge on any atom is 0.333 e. The Bertz CT molecular complexity index is 563. The average Bonchev–Trinajstić information content (AvgIpc) is 2.64. The fraction of sp³-hybridized carbons (Fsp3) is 0.682. The standard InChI is InChI=1S/C22H36O6/c1-7-16(5)10-9-11-17(6)18(8-2)19(21(24)25)14-20(23)27-12-13-28-22(26)15(3)4/h10,17-19H,3,7-9,11-14H2,1-2,4-6H3,(H,24,25). The van der Waals surface area contributed by atoms with Gasteiger partial charge in [-0.1, -0.05) is 45.4 Å². The summed E-state index contributed by atoms with van der Waals surface area (Å²) in [7, 11) is 0. The van der Waals surface area contributed by atoms with Gasteiger partial charge in [-0.15, -0.1) is 0 Å². The first-order valence-electron chi connectivity index (χ1n) is 10.0. The van der Waals surface area contributed by atoms with Gasteiger partial charge in [0.2, 0.25) is 0 Å². The summed E-state index contributed by atoms with van der Waals surface area (Å²) in [4.78, 5) is 35.1. The summed E-state index contributed by atoms with van der Waals surface area (Å²) in [5.41, 5.74) is 1.59. The molecule has 0 rings (SSSR count). The lowest BCUT2D eigenvalue weighted by molar-refractivity contribution is -0.156. The van der Waals surface area contributed by atoms with E-state index >= 15 is 0 Å².